The zero-order valence-corrected chi connectivity index (χ0v) is 12.9. The van der Waals surface area contributed by atoms with Crippen LogP contribution < -0.4 is 0 Å². The van der Waals surface area contributed by atoms with E-state index in [0.29, 0.717) is 10.6 Å². The van der Waals surface area contributed by atoms with Crippen LogP contribution in [0.25, 0.3) is 22.4 Å². The summed E-state index contributed by atoms with van der Waals surface area (Å²) in [6.45, 7) is 0. The van der Waals surface area contributed by atoms with Crippen LogP contribution in [0.3, 0.4) is 0 Å². The number of benzene rings is 1. The Morgan fingerprint density at radius 1 is 1.17 bits per heavy atom. The van der Waals surface area contributed by atoms with E-state index >= 15 is 0 Å². The third kappa shape index (κ3) is 3.73. The van der Waals surface area contributed by atoms with Gasteiger partial charge in [-0.2, -0.15) is 18.2 Å². The zero-order valence-electron chi connectivity index (χ0n) is 12.1. The van der Waals surface area contributed by atoms with Crippen LogP contribution in [0.1, 0.15) is 23.5 Å². The van der Waals surface area contributed by atoms with Gasteiger partial charge in [0.05, 0.1) is 6.42 Å². The molecular formula is C16H10ClF3N2O2. The van der Waals surface area contributed by atoms with Crippen LogP contribution in [-0.2, 0) is 0 Å². The Balaban J connectivity index is 1.86. The zero-order chi connectivity index (χ0) is 17.3. The van der Waals surface area contributed by atoms with E-state index < -0.39 is 24.8 Å². The molecule has 0 fully saturated rings. The first-order chi connectivity index (χ1) is 11.3. The SMILES string of the molecule is O=C(CCC(F)(F)F)c1nc2ncc(-c3ccc(Cl)cc3)cc2o1. The third-order valence-electron chi connectivity index (χ3n) is 3.30. The molecule has 0 radical (unpaired) electrons. The lowest BCUT2D eigenvalue weighted by Gasteiger charge is -2.02. The Morgan fingerprint density at radius 2 is 1.88 bits per heavy atom. The molecule has 4 nitrogen and oxygen atoms in total. The summed E-state index contributed by atoms with van der Waals surface area (Å²) in [7, 11) is 0. The minimum absolute atomic E-state index is 0.170. The lowest BCUT2D eigenvalue weighted by molar-refractivity contribution is -0.133. The van der Waals surface area contributed by atoms with Crippen molar-refractivity contribution in [3.05, 3.63) is 47.4 Å². The van der Waals surface area contributed by atoms with Crippen molar-refractivity contribution < 1.29 is 22.4 Å². The Hall–Kier alpha value is -2.41. The van der Waals surface area contributed by atoms with Crippen LogP contribution in [0, 0.1) is 0 Å². The van der Waals surface area contributed by atoms with Gasteiger partial charge in [-0.25, -0.2) is 4.98 Å². The topological polar surface area (TPSA) is 56.0 Å². The molecule has 124 valence electrons. The average Bonchev–Trinajstić information content (AvgIpc) is 2.95. The molecule has 0 N–H and O–H groups in total. The van der Waals surface area contributed by atoms with Crippen LogP contribution >= 0.6 is 11.6 Å². The molecule has 0 saturated heterocycles. The first kappa shape index (κ1) is 16.4. The third-order valence-corrected chi connectivity index (χ3v) is 3.55. The maximum Gasteiger partial charge on any atom is 0.389 e. The second kappa shape index (κ2) is 6.24. The van der Waals surface area contributed by atoms with Crippen molar-refractivity contribution in [1.29, 1.82) is 0 Å². The second-order valence-corrected chi connectivity index (χ2v) is 5.55. The fraction of sp³-hybridized carbons (Fsp3) is 0.188. The number of aromatic nitrogens is 2. The van der Waals surface area contributed by atoms with Gasteiger partial charge in [-0.3, -0.25) is 4.79 Å². The smallest absolute Gasteiger partial charge is 0.389 e. The number of nitrogens with zero attached hydrogens (tertiary/aromatic N) is 2. The highest BCUT2D eigenvalue weighted by molar-refractivity contribution is 6.30. The van der Waals surface area contributed by atoms with E-state index in [1.807, 2.05) is 0 Å². The Morgan fingerprint density at radius 3 is 2.54 bits per heavy atom. The Labute approximate surface area is 139 Å². The van der Waals surface area contributed by atoms with Gasteiger partial charge in [0.25, 0.3) is 5.89 Å². The van der Waals surface area contributed by atoms with Crippen LogP contribution in [0.15, 0.2) is 40.9 Å². The highest BCUT2D eigenvalue weighted by Gasteiger charge is 2.29. The standard InChI is InChI=1S/C16H10ClF3N2O2/c17-11-3-1-9(2-4-11)10-7-13-14(21-8-10)22-15(24-13)12(23)5-6-16(18,19)20/h1-4,7-8H,5-6H2. The van der Waals surface area contributed by atoms with E-state index in [0.717, 1.165) is 5.56 Å². The molecule has 0 aliphatic heterocycles. The van der Waals surface area contributed by atoms with Crippen molar-refractivity contribution in [2.75, 3.05) is 0 Å². The summed E-state index contributed by atoms with van der Waals surface area (Å²) in [5.41, 5.74) is 1.95. The number of Topliss-reactive ketones (excluding diaryl/α,β-unsaturated/α-hetero) is 1. The molecule has 2 heterocycles. The number of hydrogen-bond donors (Lipinski definition) is 0. The summed E-state index contributed by atoms with van der Waals surface area (Å²) in [5, 5.41) is 0.588. The van der Waals surface area contributed by atoms with E-state index in [2.05, 4.69) is 9.97 Å². The van der Waals surface area contributed by atoms with Gasteiger partial charge in [0, 0.05) is 23.2 Å². The number of carbonyl (C=O) groups excluding carboxylic acids is 1. The van der Waals surface area contributed by atoms with Crippen molar-refractivity contribution in [3.8, 4) is 11.1 Å². The lowest BCUT2D eigenvalue weighted by Crippen LogP contribution is -2.11. The molecule has 3 aromatic rings. The van der Waals surface area contributed by atoms with Gasteiger partial charge in [0.2, 0.25) is 5.78 Å². The monoisotopic (exact) mass is 354 g/mol. The highest BCUT2D eigenvalue weighted by atomic mass is 35.5. The first-order valence-corrected chi connectivity index (χ1v) is 7.32. The normalized spacial score (nSPS) is 11.8. The van der Waals surface area contributed by atoms with E-state index in [1.165, 1.54) is 6.20 Å². The summed E-state index contributed by atoms with van der Waals surface area (Å²) >= 11 is 5.83. The Bertz CT molecular complexity index is 888. The Kier molecular flexibility index (Phi) is 4.28. The number of alkyl halides is 3. The number of oxazole rings is 1. The summed E-state index contributed by atoms with van der Waals surface area (Å²) in [6, 6.07) is 8.63. The van der Waals surface area contributed by atoms with Crippen LogP contribution in [0.5, 0.6) is 0 Å². The van der Waals surface area contributed by atoms with E-state index in [4.69, 9.17) is 16.0 Å². The molecule has 0 aliphatic carbocycles. The number of hydrogen-bond acceptors (Lipinski definition) is 4. The molecule has 1 aromatic carbocycles. The lowest BCUT2D eigenvalue weighted by atomic mass is 10.1. The van der Waals surface area contributed by atoms with Gasteiger partial charge in [-0.15, -0.1) is 0 Å². The van der Waals surface area contributed by atoms with Gasteiger partial charge in [0.15, 0.2) is 11.2 Å². The molecular weight excluding hydrogens is 345 g/mol. The summed E-state index contributed by atoms with van der Waals surface area (Å²) < 4.78 is 41.8. The largest absolute Gasteiger partial charge is 0.432 e. The molecule has 2 aromatic heterocycles. The van der Waals surface area contributed by atoms with Gasteiger partial charge >= 0.3 is 6.18 Å². The van der Waals surface area contributed by atoms with E-state index in [1.54, 1.807) is 30.3 Å². The molecule has 0 bridgehead atoms. The molecule has 0 amide bonds. The molecule has 3 rings (SSSR count). The molecule has 8 heteroatoms. The molecule has 0 aliphatic rings. The molecule has 0 spiro atoms. The summed E-state index contributed by atoms with van der Waals surface area (Å²) in [5.74, 6) is -1.17. The minimum Gasteiger partial charge on any atom is -0.432 e. The van der Waals surface area contributed by atoms with Gasteiger partial charge in [-0.1, -0.05) is 23.7 Å². The maximum atomic E-state index is 12.2. The number of carbonyl (C=O) groups is 1. The summed E-state index contributed by atoms with van der Waals surface area (Å²) in [4.78, 5) is 19.7. The van der Waals surface area contributed by atoms with Gasteiger partial charge in [-0.05, 0) is 23.8 Å². The number of rotatable bonds is 4. The van der Waals surface area contributed by atoms with Crippen molar-refractivity contribution >= 4 is 28.6 Å². The van der Waals surface area contributed by atoms with Gasteiger partial charge in [0.1, 0.15) is 0 Å². The van der Waals surface area contributed by atoms with Gasteiger partial charge < -0.3 is 4.42 Å². The molecule has 0 unspecified atom stereocenters. The fourth-order valence-electron chi connectivity index (χ4n) is 2.10. The first-order valence-electron chi connectivity index (χ1n) is 6.94. The van der Waals surface area contributed by atoms with Crippen molar-refractivity contribution in [1.82, 2.24) is 9.97 Å². The number of halogens is 4. The average molecular weight is 355 g/mol. The molecule has 0 saturated carbocycles. The molecule has 0 atom stereocenters. The highest BCUT2D eigenvalue weighted by Crippen LogP contribution is 2.26. The number of pyridine rings is 1. The van der Waals surface area contributed by atoms with E-state index in [9.17, 15) is 18.0 Å². The van der Waals surface area contributed by atoms with E-state index in [-0.39, 0.29) is 17.1 Å². The molecule has 24 heavy (non-hydrogen) atoms. The van der Waals surface area contributed by atoms with Crippen LogP contribution in [0.4, 0.5) is 13.2 Å². The van der Waals surface area contributed by atoms with Crippen molar-refractivity contribution in [2.45, 2.75) is 19.0 Å². The number of ketones is 1. The van der Waals surface area contributed by atoms with Crippen LogP contribution in [-0.4, -0.2) is 21.9 Å². The predicted molar refractivity (Wildman–Crippen MR) is 81.9 cm³/mol. The van der Waals surface area contributed by atoms with Crippen LogP contribution in [0.2, 0.25) is 5.02 Å². The minimum atomic E-state index is -4.40. The quantitative estimate of drug-likeness (QED) is 0.614. The fourth-order valence-corrected chi connectivity index (χ4v) is 2.23. The van der Waals surface area contributed by atoms with Crippen molar-refractivity contribution in [3.63, 3.8) is 0 Å². The number of fused-ring (bicyclic) bond motifs is 1. The predicted octanol–water partition coefficient (Wildman–Crippen LogP) is 5.07. The second-order valence-electron chi connectivity index (χ2n) is 5.11. The van der Waals surface area contributed by atoms with Crippen molar-refractivity contribution in [2.24, 2.45) is 0 Å². The summed E-state index contributed by atoms with van der Waals surface area (Å²) in [6.07, 6.45) is -4.78. The maximum absolute atomic E-state index is 12.2.